The fourth-order valence-electron chi connectivity index (χ4n) is 5.06. The fraction of sp³-hybridized carbons (Fsp3) is 0.467. The van der Waals surface area contributed by atoms with Crippen molar-refractivity contribution < 1.29 is 77.5 Å². The number of aliphatic hydroxyl groups is 3. The molecular weight excluding hydrogens is 645 g/mol. The summed E-state index contributed by atoms with van der Waals surface area (Å²) in [4.78, 5) is 24.1. The van der Waals surface area contributed by atoms with Gasteiger partial charge in [0.2, 0.25) is 21.7 Å². The molecule has 0 bridgehead atoms. The molecule has 47 heavy (non-hydrogen) atoms. The van der Waals surface area contributed by atoms with Crippen molar-refractivity contribution in [3.8, 4) is 22.4 Å². The number of aliphatic carboxylic acids is 1. The number of nitrogens with zero attached hydrogens (tertiary/aromatic N) is 3. The van der Waals surface area contributed by atoms with Crippen molar-refractivity contribution in [1.29, 1.82) is 0 Å². The summed E-state index contributed by atoms with van der Waals surface area (Å²) >= 11 is 0. The van der Waals surface area contributed by atoms with Gasteiger partial charge in [0.05, 0.1) is 36.8 Å². The van der Waals surface area contributed by atoms with Gasteiger partial charge in [-0.25, -0.2) is 13.1 Å². The predicted molar refractivity (Wildman–Crippen MR) is 162 cm³/mol. The van der Waals surface area contributed by atoms with Gasteiger partial charge in [0.15, 0.2) is 0 Å². The van der Waals surface area contributed by atoms with Gasteiger partial charge in [-0.2, -0.15) is 0 Å². The summed E-state index contributed by atoms with van der Waals surface area (Å²) in [5.74, 6) is -5.33. The standard InChI is InChI=1S/C30H39N5O10S.Na/c1-3-46(42,43)31-17-25(38)27(39)28-26(32-19(2)36)24(37)16-30(45-28,29(40)41)44-15-7-14-35-18-23(33-34-35)22-12-10-21(11-13-22)20-8-5-4-6-9-20;/h4-6,8-13,18,24-28,31,37-39H,3,7,14-17H2,1-2H3,(H,32,36)(H,40,41);/q;+1/p-1/t24-,25+,26+,27+,28+,30+;/m0./s1. The summed E-state index contributed by atoms with van der Waals surface area (Å²) in [6.07, 6.45) is -5.81. The Balaban J connectivity index is 0.00000600. The number of hydrogen-bond acceptors (Lipinski definition) is 12. The van der Waals surface area contributed by atoms with Crippen LogP contribution >= 0.6 is 0 Å². The smallest absolute Gasteiger partial charge is 0.544 e. The summed E-state index contributed by atoms with van der Waals surface area (Å²) in [6.45, 7) is 1.92. The van der Waals surface area contributed by atoms with Gasteiger partial charge in [-0.1, -0.05) is 59.8 Å². The molecule has 1 aromatic heterocycles. The number of amides is 1. The largest absolute Gasteiger partial charge is 1.00 e. The number of carboxylic acid groups (broad SMARTS) is 1. The predicted octanol–water partition coefficient (Wildman–Crippen LogP) is -4.22. The molecule has 15 nitrogen and oxygen atoms in total. The number of sulfonamides is 1. The molecule has 2 heterocycles. The summed E-state index contributed by atoms with van der Waals surface area (Å²) in [5.41, 5.74) is 3.62. The van der Waals surface area contributed by atoms with Gasteiger partial charge < -0.3 is 40.0 Å². The van der Waals surface area contributed by atoms with Crippen LogP contribution in [0.25, 0.3) is 22.4 Å². The van der Waals surface area contributed by atoms with Gasteiger partial charge in [0.1, 0.15) is 23.9 Å². The molecule has 17 heteroatoms. The van der Waals surface area contributed by atoms with E-state index in [0.717, 1.165) is 23.6 Å². The zero-order chi connectivity index (χ0) is 33.5. The van der Waals surface area contributed by atoms with Crippen molar-refractivity contribution in [2.75, 3.05) is 18.9 Å². The van der Waals surface area contributed by atoms with E-state index in [1.54, 1.807) is 10.9 Å². The zero-order valence-corrected chi connectivity index (χ0v) is 29.2. The Kier molecular flexibility index (Phi) is 14.0. The fourth-order valence-corrected chi connectivity index (χ4v) is 5.69. The van der Waals surface area contributed by atoms with Crippen molar-refractivity contribution in [3.63, 3.8) is 0 Å². The van der Waals surface area contributed by atoms with E-state index in [1.807, 2.05) is 54.6 Å². The van der Waals surface area contributed by atoms with Gasteiger partial charge >= 0.3 is 29.6 Å². The summed E-state index contributed by atoms with van der Waals surface area (Å²) in [6, 6.07) is 16.4. The van der Waals surface area contributed by atoms with Crippen molar-refractivity contribution in [2.45, 2.75) is 69.5 Å². The first kappa shape index (κ1) is 38.7. The molecule has 0 unspecified atom stereocenters. The van der Waals surface area contributed by atoms with E-state index in [4.69, 9.17) is 9.47 Å². The Bertz CT molecular complexity index is 1580. The molecule has 5 N–H and O–H groups in total. The minimum absolute atomic E-state index is 0. The maximum Gasteiger partial charge on any atom is 1.00 e. The van der Waals surface area contributed by atoms with Crippen LogP contribution in [0.1, 0.15) is 26.7 Å². The van der Waals surface area contributed by atoms with Crippen LogP contribution in [0.4, 0.5) is 0 Å². The van der Waals surface area contributed by atoms with Gasteiger partial charge in [-0.15, -0.1) is 5.10 Å². The third-order valence-corrected chi connectivity index (χ3v) is 8.94. The third kappa shape index (κ3) is 10.1. The van der Waals surface area contributed by atoms with Gasteiger partial charge in [0, 0.05) is 32.0 Å². The maximum absolute atomic E-state index is 12.3. The molecule has 1 saturated heterocycles. The Morgan fingerprint density at radius 1 is 1.13 bits per heavy atom. The molecule has 1 aliphatic rings. The van der Waals surface area contributed by atoms with Crippen molar-refractivity contribution in [2.24, 2.45) is 0 Å². The van der Waals surface area contributed by atoms with Crippen molar-refractivity contribution in [3.05, 3.63) is 60.8 Å². The molecule has 0 radical (unpaired) electrons. The molecule has 2 aromatic carbocycles. The summed E-state index contributed by atoms with van der Waals surface area (Å²) < 4.78 is 38.5. The number of benzene rings is 2. The minimum Gasteiger partial charge on any atom is -0.544 e. The van der Waals surface area contributed by atoms with Crippen LogP contribution in [0.3, 0.4) is 0 Å². The van der Waals surface area contributed by atoms with Gasteiger partial charge in [-0.3, -0.25) is 9.48 Å². The van der Waals surface area contributed by atoms with Crippen LogP contribution in [0.2, 0.25) is 0 Å². The molecule has 1 amide bonds. The van der Waals surface area contributed by atoms with Crippen LogP contribution < -0.4 is 44.7 Å². The quantitative estimate of drug-likeness (QED) is 0.0760. The SMILES string of the molecule is CCS(=O)(=O)NC[C@@H](O)[C@@H](O)[C@@H]1O[C@@](OCCCn2cc(-c3ccc(-c4ccccc4)cc3)nn2)(C(=O)[O-])C[C@H](O)[C@H]1NC(C)=O.[Na+]. The molecule has 1 aliphatic heterocycles. The van der Waals surface area contributed by atoms with Crippen LogP contribution in [-0.2, 0) is 35.6 Å². The number of aliphatic hydroxyl groups excluding tert-OH is 3. The van der Waals surface area contributed by atoms with Crippen LogP contribution in [0, 0.1) is 0 Å². The second kappa shape index (κ2) is 17.1. The number of carbonyl (C=O) groups is 2. The van der Waals surface area contributed by atoms with E-state index in [0.29, 0.717) is 5.69 Å². The second-order valence-electron chi connectivity index (χ2n) is 10.9. The van der Waals surface area contributed by atoms with Crippen LogP contribution in [0.15, 0.2) is 60.8 Å². The molecule has 0 saturated carbocycles. The zero-order valence-electron chi connectivity index (χ0n) is 26.4. The Labute approximate surface area is 294 Å². The van der Waals surface area contributed by atoms with E-state index in [-0.39, 0.29) is 54.9 Å². The molecule has 6 atom stereocenters. The first-order valence-electron chi connectivity index (χ1n) is 14.7. The summed E-state index contributed by atoms with van der Waals surface area (Å²) in [7, 11) is -3.74. The minimum atomic E-state index is -3.74. The molecule has 0 spiro atoms. The van der Waals surface area contributed by atoms with Crippen LogP contribution in [0.5, 0.6) is 0 Å². The molecule has 0 aliphatic carbocycles. The number of hydrogen-bond donors (Lipinski definition) is 5. The first-order valence-corrected chi connectivity index (χ1v) is 16.4. The summed E-state index contributed by atoms with van der Waals surface area (Å²) in [5, 5.41) is 55.2. The average Bonchev–Trinajstić information content (AvgIpc) is 3.52. The molecule has 3 aromatic rings. The number of aryl methyl sites for hydroxylation is 1. The third-order valence-electron chi connectivity index (χ3n) is 7.57. The number of carboxylic acids is 1. The van der Waals surface area contributed by atoms with E-state index in [2.05, 4.69) is 20.4 Å². The van der Waals surface area contributed by atoms with Crippen molar-refractivity contribution in [1.82, 2.24) is 25.0 Å². The monoisotopic (exact) mass is 683 g/mol. The number of rotatable bonds is 15. The van der Waals surface area contributed by atoms with Crippen LogP contribution in [-0.4, -0.2) is 106 Å². The molecule has 250 valence electrons. The molecule has 4 rings (SSSR count). The molecular formula is C30H38N5NaO10S. The maximum atomic E-state index is 12.3. The molecule has 1 fully saturated rings. The topological polar surface area (TPSA) is 225 Å². The van der Waals surface area contributed by atoms with E-state index < -0.39 is 71.1 Å². The van der Waals surface area contributed by atoms with Gasteiger partial charge in [-0.05, 0) is 24.5 Å². The number of carbonyl (C=O) groups excluding carboxylic acids is 2. The average molecular weight is 684 g/mol. The number of nitrogens with one attached hydrogen (secondary N) is 2. The van der Waals surface area contributed by atoms with E-state index in [9.17, 15) is 38.4 Å². The number of ether oxygens (including phenoxy) is 2. The Morgan fingerprint density at radius 3 is 2.38 bits per heavy atom. The second-order valence-corrected chi connectivity index (χ2v) is 13.0. The van der Waals surface area contributed by atoms with Crippen molar-refractivity contribution >= 4 is 21.9 Å². The Hall–Kier alpha value is -2.77. The number of aromatic nitrogens is 3. The first-order chi connectivity index (χ1) is 21.8. The Morgan fingerprint density at radius 2 is 1.77 bits per heavy atom. The van der Waals surface area contributed by atoms with E-state index >= 15 is 0 Å². The van der Waals surface area contributed by atoms with E-state index in [1.165, 1.54) is 6.92 Å². The normalized spacial score (nSPS) is 22.5. The van der Waals surface area contributed by atoms with Gasteiger partial charge in [0.25, 0.3) is 0 Å².